The van der Waals surface area contributed by atoms with Crippen molar-refractivity contribution in [2.45, 2.75) is 20.8 Å². The van der Waals surface area contributed by atoms with E-state index >= 15 is 0 Å². The van der Waals surface area contributed by atoms with E-state index in [0.717, 1.165) is 22.9 Å². The minimum absolute atomic E-state index is 0.248. The molecule has 0 aliphatic heterocycles. The van der Waals surface area contributed by atoms with Crippen LogP contribution >= 0.6 is 0 Å². The van der Waals surface area contributed by atoms with Crippen LogP contribution in [0.1, 0.15) is 19.4 Å². The van der Waals surface area contributed by atoms with Gasteiger partial charge in [0.05, 0.1) is 17.3 Å². The second-order valence-electron chi connectivity index (χ2n) is 3.48. The third kappa shape index (κ3) is 3.74. The van der Waals surface area contributed by atoms with Gasteiger partial charge in [0.2, 0.25) is 16.0 Å². The highest BCUT2D eigenvalue weighted by Crippen LogP contribution is 2.15. The number of imidazole rings is 1. The number of hydrogen-bond acceptors (Lipinski definition) is 3. The van der Waals surface area contributed by atoms with Gasteiger partial charge in [0.1, 0.15) is 0 Å². The van der Waals surface area contributed by atoms with Crippen LogP contribution in [-0.4, -0.2) is 24.6 Å². The summed E-state index contributed by atoms with van der Waals surface area (Å²) in [7, 11) is -3.28. The molecule has 1 aromatic heterocycles. The molecule has 17 heavy (non-hydrogen) atoms. The Balaban J connectivity index is 0.000000686. The molecule has 0 atom stereocenters. The van der Waals surface area contributed by atoms with Gasteiger partial charge in [-0.2, -0.15) is 0 Å². The second kappa shape index (κ2) is 5.18. The molecule has 0 bridgehead atoms. The molecule has 0 aliphatic carbocycles. The van der Waals surface area contributed by atoms with Crippen LogP contribution in [0, 0.1) is 6.92 Å². The molecule has 0 spiro atoms. The van der Waals surface area contributed by atoms with Crippen LogP contribution in [0.15, 0.2) is 18.2 Å². The van der Waals surface area contributed by atoms with Gasteiger partial charge in [-0.15, -0.1) is 0 Å². The van der Waals surface area contributed by atoms with Crippen molar-refractivity contribution in [2.75, 3.05) is 11.0 Å². The van der Waals surface area contributed by atoms with Crippen molar-refractivity contribution in [3.05, 3.63) is 23.8 Å². The third-order valence-corrected chi connectivity index (χ3v) is 2.48. The number of aromatic amines is 1. The lowest BCUT2D eigenvalue weighted by molar-refractivity contribution is 0.606. The van der Waals surface area contributed by atoms with Gasteiger partial charge < -0.3 is 4.98 Å². The number of benzene rings is 1. The number of rotatable bonds is 2. The molecule has 2 N–H and O–H groups in total. The van der Waals surface area contributed by atoms with Gasteiger partial charge in [0, 0.05) is 0 Å². The lowest BCUT2D eigenvalue weighted by atomic mass is 10.2. The molecule has 0 unspecified atom stereocenters. The largest absolute Gasteiger partial charge is 0.323 e. The van der Waals surface area contributed by atoms with Gasteiger partial charge in [-0.1, -0.05) is 19.9 Å². The molecule has 1 aromatic carbocycles. The quantitative estimate of drug-likeness (QED) is 0.864. The molecule has 0 saturated heterocycles. The van der Waals surface area contributed by atoms with Crippen molar-refractivity contribution in [2.24, 2.45) is 0 Å². The first-order valence-corrected chi connectivity index (χ1v) is 7.27. The summed E-state index contributed by atoms with van der Waals surface area (Å²) in [5.74, 6) is 0.248. The zero-order chi connectivity index (χ0) is 13.1. The van der Waals surface area contributed by atoms with Gasteiger partial charge in [-0.25, -0.2) is 13.4 Å². The zero-order valence-corrected chi connectivity index (χ0v) is 11.2. The Labute approximate surface area is 101 Å². The summed E-state index contributed by atoms with van der Waals surface area (Å²) < 4.78 is 24.2. The number of sulfonamides is 1. The normalized spacial score (nSPS) is 10.8. The first-order chi connectivity index (χ1) is 7.94. The number of aryl methyl sites for hydroxylation is 1. The second-order valence-corrected chi connectivity index (χ2v) is 5.23. The van der Waals surface area contributed by atoms with Crippen LogP contribution in [0.5, 0.6) is 0 Å². The van der Waals surface area contributed by atoms with Crippen molar-refractivity contribution in [3.63, 3.8) is 0 Å². The maximum Gasteiger partial charge on any atom is 0.232 e. The number of H-pyrrole nitrogens is 1. The van der Waals surface area contributed by atoms with Crippen molar-refractivity contribution >= 4 is 27.0 Å². The minimum Gasteiger partial charge on any atom is -0.323 e. The zero-order valence-electron chi connectivity index (χ0n) is 10.4. The van der Waals surface area contributed by atoms with E-state index in [-0.39, 0.29) is 5.95 Å². The molecule has 0 amide bonds. The fourth-order valence-electron chi connectivity index (χ4n) is 1.35. The van der Waals surface area contributed by atoms with E-state index in [2.05, 4.69) is 14.7 Å². The Bertz CT molecular complexity index is 602. The predicted molar refractivity (Wildman–Crippen MR) is 70.6 cm³/mol. The molecule has 2 aromatic rings. The first-order valence-electron chi connectivity index (χ1n) is 5.38. The van der Waals surface area contributed by atoms with Crippen molar-refractivity contribution in [3.8, 4) is 0 Å². The fraction of sp³-hybridized carbons (Fsp3) is 0.364. The highest BCUT2D eigenvalue weighted by atomic mass is 32.2. The molecule has 1 heterocycles. The Morgan fingerprint density at radius 2 is 1.94 bits per heavy atom. The number of nitrogens with one attached hydrogen (secondary N) is 2. The molecular weight excluding hydrogens is 238 g/mol. The summed E-state index contributed by atoms with van der Waals surface area (Å²) in [6, 6.07) is 5.68. The third-order valence-electron chi connectivity index (χ3n) is 1.92. The lowest BCUT2D eigenvalue weighted by Gasteiger charge is -1.96. The van der Waals surface area contributed by atoms with E-state index in [1.165, 1.54) is 0 Å². The minimum atomic E-state index is -3.28. The van der Waals surface area contributed by atoms with E-state index in [0.29, 0.717) is 0 Å². The Morgan fingerprint density at radius 3 is 2.53 bits per heavy atom. The average Bonchev–Trinajstić information content (AvgIpc) is 2.59. The smallest absolute Gasteiger partial charge is 0.232 e. The maximum atomic E-state index is 11.0. The van der Waals surface area contributed by atoms with Gasteiger partial charge in [-0.3, -0.25) is 4.72 Å². The monoisotopic (exact) mass is 255 g/mol. The molecule has 0 radical (unpaired) electrons. The Hall–Kier alpha value is -1.56. The van der Waals surface area contributed by atoms with Gasteiger partial charge >= 0.3 is 0 Å². The van der Waals surface area contributed by atoms with Crippen molar-refractivity contribution < 1.29 is 8.42 Å². The number of fused-ring (bicyclic) bond motifs is 1. The summed E-state index contributed by atoms with van der Waals surface area (Å²) in [5.41, 5.74) is 2.66. The molecular formula is C11H17N3O2S. The van der Waals surface area contributed by atoms with Crippen molar-refractivity contribution in [1.29, 1.82) is 0 Å². The SMILES string of the molecule is CC.Cc1ccc2nc(NS(C)(=O)=O)[nH]c2c1. The van der Waals surface area contributed by atoms with E-state index in [9.17, 15) is 8.42 Å². The molecule has 5 nitrogen and oxygen atoms in total. The van der Waals surface area contributed by atoms with Gasteiger partial charge in [0.25, 0.3) is 0 Å². The molecule has 94 valence electrons. The van der Waals surface area contributed by atoms with Crippen LogP contribution in [0.4, 0.5) is 5.95 Å². The number of anilines is 1. The molecule has 2 rings (SSSR count). The lowest BCUT2D eigenvalue weighted by Crippen LogP contribution is -2.10. The van der Waals surface area contributed by atoms with Crippen molar-refractivity contribution in [1.82, 2.24) is 9.97 Å². The van der Waals surface area contributed by atoms with Gasteiger partial charge in [0.15, 0.2) is 0 Å². The standard InChI is InChI=1S/C9H11N3O2S.C2H6/c1-6-3-4-7-8(5-6)11-9(10-7)12-15(2,13)14;1-2/h3-5H,1-2H3,(H2,10,11,12);1-2H3. The van der Waals surface area contributed by atoms with E-state index in [1.807, 2.05) is 39.0 Å². The van der Waals surface area contributed by atoms with Crippen LogP contribution in [0.25, 0.3) is 11.0 Å². The number of hydrogen-bond donors (Lipinski definition) is 2. The number of nitrogens with zero attached hydrogens (tertiary/aromatic N) is 1. The summed E-state index contributed by atoms with van der Waals surface area (Å²) in [6.07, 6.45) is 1.09. The molecule has 0 aliphatic rings. The average molecular weight is 255 g/mol. The fourth-order valence-corrected chi connectivity index (χ4v) is 1.80. The van der Waals surface area contributed by atoms with E-state index in [1.54, 1.807) is 0 Å². The van der Waals surface area contributed by atoms with Gasteiger partial charge in [-0.05, 0) is 24.6 Å². The summed E-state index contributed by atoms with van der Waals surface area (Å²) >= 11 is 0. The predicted octanol–water partition coefficient (Wildman–Crippen LogP) is 2.27. The van der Waals surface area contributed by atoms with E-state index < -0.39 is 10.0 Å². The molecule has 6 heteroatoms. The Kier molecular flexibility index (Phi) is 4.11. The van der Waals surface area contributed by atoms with Crippen LogP contribution in [0.2, 0.25) is 0 Å². The van der Waals surface area contributed by atoms with Crippen LogP contribution in [0.3, 0.4) is 0 Å². The highest BCUT2D eigenvalue weighted by Gasteiger charge is 2.06. The highest BCUT2D eigenvalue weighted by molar-refractivity contribution is 7.91. The summed E-state index contributed by atoms with van der Waals surface area (Å²) in [5, 5.41) is 0. The maximum absolute atomic E-state index is 11.0. The van der Waals surface area contributed by atoms with E-state index in [4.69, 9.17) is 0 Å². The first kappa shape index (κ1) is 13.5. The summed E-state index contributed by atoms with van der Waals surface area (Å²) in [6.45, 7) is 5.96. The summed E-state index contributed by atoms with van der Waals surface area (Å²) in [4.78, 5) is 6.98. The molecule has 0 saturated carbocycles. The molecule has 0 fully saturated rings. The number of aromatic nitrogens is 2. The van der Waals surface area contributed by atoms with Crippen LogP contribution in [-0.2, 0) is 10.0 Å². The topological polar surface area (TPSA) is 74.8 Å². The van der Waals surface area contributed by atoms with Crippen LogP contribution < -0.4 is 4.72 Å². The Morgan fingerprint density at radius 1 is 1.29 bits per heavy atom.